The van der Waals surface area contributed by atoms with Crippen molar-refractivity contribution in [1.29, 1.82) is 0 Å². The molecule has 44 valence electrons. The third-order valence-electron chi connectivity index (χ3n) is 0.518. The van der Waals surface area contributed by atoms with E-state index >= 15 is 0 Å². The Morgan fingerprint density at radius 2 is 2.14 bits per heavy atom. The van der Waals surface area contributed by atoms with Gasteiger partial charge >= 0.3 is 0 Å². The van der Waals surface area contributed by atoms with Crippen molar-refractivity contribution in [3.8, 4) is 0 Å². The summed E-state index contributed by atoms with van der Waals surface area (Å²) in [5, 5.41) is 0. The molecular formula is C4H10FOP. The minimum atomic E-state index is -1.58. The molecule has 0 aliphatic carbocycles. The molecule has 0 saturated heterocycles. The molecule has 0 aliphatic rings. The van der Waals surface area contributed by atoms with Gasteiger partial charge in [0.25, 0.3) is 0 Å². The van der Waals surface area contributed by atoms with Crippen molar-refractivity contribution < 1.29 is 8.72 Å². The maximum absolute atomic E-state index is 12.0. The summed E-state index contributed by atoms with van der Waals surface area (Å²) in [5.74, 6) is 0. The predicted octanol–water partition coefficient (Wildman–Crippen LogP) is 2.32. The molecule has 0 aromatic heterocycles. The first-order valence-electron chi connectivity index (χ1n) is 2.37. The van der Waals surface area contributed by atoms with E-state index in [0.29, 0.717) is 12.8 Å². The van der Waals surface area contributed by atoms with Crippen LogP contribution in [-0.4, -0.2) is 12.8 Å². The van der Waals surface area contributed by atoms with E-state index in [1.807, 2.05) is 0 Å². The van der Waals surface area contributed by atoms with Crippen LogP contribution >= 0.6 is 8.46 Å². The molecule has 0 amide bonds. The third kappa shape index (κ3) is 4.17. The van der Waals surface area contributed by atoms with E-state index in [1.54, 1.807) is 13.8 Å². The fourth-order valence-electron chi connectivity index (χ4n) is 0.231. The topological polar surface area (TPSA) is 9.23 Å². The smallest absolute Gasteiger partial charge is 0.219 e. The van der Waals surface area contributed by atoms with Crippen LogP contribution in [0.15, 0.2) is 0 Å². The number of halogens is 1. The van der Waals surface area contributed by atoms with Gasteiger partial charge in [0.1, 0.15) is 0 Å². The lowest BCUT2D eigenvalue weighted by Gasteiger charge is -1.99. The molecule has 3 heteroatoms. The van der Waals surface area contributed by atoms with E-state index in [1.165, 1.54) is 0 Å². The van der Waals surface area contributed by atoms with E-state index < -0.39 is 8.46 Å². The summed E-state index contributed by atoms with van der Waals surface area (Å²) in [5.41, 5.74) is 0. The van der Waals surface area contributed by atoms with Crippen LogP contribution in [0.5, 0.6) is 0 Å². The van der Waals surface area contributed by atoms with Crippen molar-refractivity contribution in [3.63, 3.8) is 0 Å². The lowest BCUT2D eigenvalue weighted by Crippen LogP contribution is -1.79. The minimum absolute atomic E-state index is 0.496. The molecule has 1 nitrogen and oxygen atoms in total. The van der Waals surface area contributed by atoms with E-state index in [4.69, 9.17) is 0 Å². The number of hydrogen-bond acceptors (Lipinski definition) is 1. The highest BCUT2D eigenvalue weighted by Crippen LogP contribution is 2.36. The predicted molar refractivity (Wildman–Crippen MR) is 30.2 cm³/mol. The molecule has 0 bridgehead atoms. The average Bonchev–Trinajstić information content (AvgIpc) is 1.68. The first-order chi connectivity index (χ1) is 3.31. The van der Waals surface area contributed by atoms with Crippen LogP contribution in [-0.2, 0) is 4.52 Å². The van der Waals surface area contributed by atoms with Gasteiger partial charge in [0.15, 0.2) is 0 Å². The lowest BCUT2D eigenvalue weighted by molar-refractivity contribution is 0.356. The van der Waals surface area contributed by atoms with Gasteiger partial charge in [-0.2, -0.15) is 4.20 Å². The molecule has 0 aliphatic heterocycles. The highest BCUT2D eigenvalue weighted by Gasteiger charge is 1.98. The van der Waals surface area contributed by atoms with Gasteiger partial charge in [-0.3, -0.25) is 0 Å². The molecule has 0 rings (SSSR count). The van der Waals surface area contributed by atoms with Gasteiger partial charge in [-0.1, -0.05) is 6.92 Å². The van der Waals surface area contributed by atoms with Crippen molar-refractivity contribution in [1.82, 2.24) is 0 Å². The molecule has 0 fully saturated rings. The second-order valence-corrected chi connectivity index (χ2v) is 2.58. The zero-order chi connectivity index (χ0) is 5.70. The van der Waals surface area contributed by atoms with Crippen LogP contribution in [0.25, 0.3) is 0 Å². The van der Waals surface area contributed by atoms with Crippen LogP contribution in [0, 0.1) is 0 Å². The van der Waals surface area contributed by atoms with Crippen molar-refractivity contribution in [3.05, 3.63) is 0 Å². The largest absolute Gasteiger partial charge is 0.331 e. The van der Waals surface area contributed by atoms with Crippen LogP contribution in [0.1, 0.15) is 13.8 Å². The lowest BCUT2D eigenvalue weighted by atomic mass is 10.9. The summed E-state index contributed by atoms with van der Waals surface area (Å²) in [6.07, 6.45) is 0.517. The fraction of sp³-hybridized carbons (Fsp3) is 1.00. The van der Waals surface area contributed by atoms with Crippen LogP contribution in [0.2, 0.25) is 0 Å². The molecule has 0 aromatic rings. The molecule has 7 heavy (non-hydrogen) atoms. The maximum atomic E-state index is 12.0. The Balaban J connectivity index is 2.83. The zero-order valence-corrected chi connectivity index (χ0v) is 5.54. The summed E-state index contributed by atoms with van der Waals surface area (Å²) in [6.45, 7) is 4.07. The van der Waals surface area contributed by atoms with Gasteiger partial charge in [-0.15, -0.1) is 0 Å². The van der Waals surface area contributed by atoms with Gasteiger partial charge in [0.05, 0.1) is 6.61 Å². The highest BCUT2D eigenvalue weighted by molar-refractivity contribution is 7.46. The standard InChI is InChI=1S/C4H10FOP/c1-3-6-7(5)4-2/h3-4H2,1-2H3. The molecule has 0 aromatic carbocycles. The third-order valence-corrected chi connectivity index (χ3v) is 1.55. The maximum Gasteiger partial charge on any atom is 0.219 e. The normalized spacial score (nSPS) is 14.1. The number of hydrogen-bond donors (Lipinski definition) is 0. The van der Waals surface area contributed by atoms with Gasteiger partial charge in [-0.25, -0.2) is 0 Å². The summed E-state index contributed by atoms with van der Waals surface area (Å²) in [6, 6.07) is 0. The zero-order valence-electron chi connectivity index (χ0n) is 4.65. The molecule has 0 N–H and O–H groups in total. The van der Waals surface area contributed by atoms with E-state index in [2.05, 4.69) is 4.52 Å². The van der Waals surface area contributed by atoms with Gasteiger partial charge in [-0.05, 0) is 6.92 Å². The Bertz CT molecular complexity index is 42.7. The van der Waals surface area contributed by atoms with Crippen LogP contribution in [0.4, 0.5) is 4.20 Å². The summed E-state index contributed by atoms with van der Waals surface area (Å²) >= 11 is 0. The molecular weight excluding hydrogens is 114 g/mol. The second kappa shape index (κ2) is 4.48. The summed E-state index contributed by atoms with van der Waals surface area (Å²) in [4.78, 5) is 0. The van der Waals surface area contributed by atoms with Crippen molar-refractivity contribution in [2.75, 3.05) is 12.8 Å². The van der Waals surface area contributed by atoms with Crippen LogP contribution < -0.4 is 0 Å². The Morgan fingerprint density at radius 3 is 2.29 bits per heavy atom. The molecule has 0 saturated carbocycles. The van der Waals surface area contributed by atoms with Crippen molar-refractivity contribution in [2.45, 2.75) is 13.8 Å². The highest BCUT2D eigenvalue weighted by atomic mass is 31.2. The Morgan fingerprint density at radius 1 is 1.57 bits per heavy atom. The van der Waals surface area contributed by atoms with E-state index in [9.17, 15) is 4.20 Å². The minimum Gasteiger partial charge on any atom is -0.331 e. The quantitative estimate of drug-likeness (QED) is 0.524. The molecule has 0 spiro atoms. The van der Waals surface area contributed by atoms with Gasteiger partial charge < -0.3 is 4.52 Å². The van der Waals surface area contributed by atoms with Gasteiger partial charge in [0.2, 0.25) is 8.46 Å². The first-order valence-corrected chi connectivity index (χ1v) is 3.71. The fourth-order valence-corrected chi connectivity index (χ4v) is 0.694. The van der Waals surface area contributed by atoms with Crippen LogP contribution in [0.3, 0.4) is 0 Å². The van der Waals surface area contributed by atoms with Gasteiger partial charge in [0, 0.05) is 6.16 Å². The molecule has 0 radical (unpaired) electrons. The molecule has 0 heterocycles. The van der Waals surface area contributed by atoms with E-state index in [-0.39, 0.29) is 0 Å². The molecule has 1 unspecified atom stereocenters. The second-order valence-electron chi connectivity index (χ2n) is 1.05. The number of rotatable bonds is 3. The van der Waals surface area contributed by atoms with E-state index in [0.717, 1.165) is 0 Å². The molecule has 1 atom stereocenters. The Kier molecular flexibility index (Phi) is 4.68. The monoisotopic (exact) mass is 124 g/mol. The average molecular weight is 124 g/mol. The Labute approximate surface area is 44.8 Å². The first kappa shape index (κ1) is 7.32. The van der Waals surface area contributed by atoms with Crippen molar-refractivity contribution in [2.24, 2.45) is 0 Å². The van der Waals surface area contributed by atoms with Crippen molar-refractivity contribution >= 4 is 8.46 Å². The Hall–Kier alpha value is 0.320. The summed E-state index contributed by atoms with van der Waals surface area (Å²) < 4.78 is 16.6. The summed E-state index contributed by atoms with van der Waals surface area (Å²) in [7, 11) is -1.58. The SMILES string of the molecule is CCOP(F)CC.